The van der Waals surface area contributed by atoms with E-state index in [1.54, 1.807) is 12.1 Å². The van der Waals surface area contributed by atoms with E-state index in [1.165, 1.54) is 30.6 Å². The van der Waals surface area contributed by atoms with Crippen LogP contribution in [0.3, 0.4) is 0 Å². The minimum atomic E-state index is -0.869. The average Bonchev–Trinajstić information content (AvgIpc) is 2.80. The van der Waals surface area contributed by atoms with Crippen LogP contribution in [0.5, 0.6) is 5.75 Å². The summed E-state index contributed by atoms with van der Waals surface area (Å²) in [5.41, 5.74) is 0.473. The first-order valence-corrected chi connectivity index (χ1v) is 7.29. The molecule has 0 radical (unpaired) electrons. The number of amides is 2. The second-order valence-electron chi connectivity index (χ2n) is 5.40. The molecule has 2 heterocycles. The monoisotopic (exact) mass is 326 g/mol. The number of hydrogen-bond acceptors (Lipinski definition) is 6. The standard InChI is InChI=1S/C17H14N2O5/c1-10(2)23-12-7-11(8-18-9-12)17(22)24-19-15(20)13-5-3-4-6-14(13)16(19)21/h3-10H,1-2H3. The number of nitrogens with zero attached hydrogens (tertiary/aromatic N) is 2. The molecule has 7 heteroatoms. The molecule has 1 aromatic carbocycles. The topological polar surface area (TPSA) is 85.8 Å². The molecule has 0 aliphatic carbocycles. The highest BCUT2D eigenvalue weighted by atomic mass is 16.7. The van der Waals surface area contributed by atoms with Crippen LogP contribution in [0.4, 0.5) is 0 Å². The van der Waals surface area contributed by atoms with E-state index in [2.05, 4.69) is 4.98 Å². The number of hydrogen-bond donors (Lipinski definition) is 0. The van der Waals surface area contributed by atoms with Crippen LogP contribution in [0.2, 0.25) is 0 Å². The fraction of sp³-hybridized carbons (Fsp3) is 0.176. The van der Waals surface area contributed by atoms with E-state index in [4.69, 9.17) is 9.57 Å². The van der Waals surface area contributed by atoms with E-state index < -0.39 is 17.8 Å². The third-order valence-corrected chi connectivity index (χ3v) is 3.25. The van der Waals surface area contributed by atoms with Crippen molar-refractivity contribution in [1.29, 1.82) is 0 Å². The second-order valence-corrected chi connectivity index (χ2v) is 5.40. The van der Waals surface area contributed by atoms with Crippen molar-refractivity contribution in [3.8, 4) is 5.75 Å². The van der Waals surface area contributed by atoms with Gasteiger partial charge < -0.3 is 9.57 Å². The lowest BCUT2D eigenvalue weighted by molar-refractivity contribution is -0.0585. The molecule has 7 nitrogen and oxygen atoms in total. The molecule has 0 unspecified atom stereocenters. The molecule has 1 aliphatic rings. The van der Waals surface area contributed by atoms with Crippen LogP contribution in [0, 0.1) is 0 Å². The van der Waals surface area contributed by atoms with E-state index in [0.29, 0.717) is 10.8 Å². The Morgan fingerprint density at radius 1 is 1.08 bits per heavy atom. The lowest BCUT2D eigenvalue weighted by Crippen LogP contribution is -2.32. The summed E-state index contributed by atoms with van der Waals surface area (Å²) >= 11 is 0. The van der Waals surface area contributed by atoms with Gasteiger partial charge in [0.05, 0.1) is 29.0 Å². The molecule has 0 fully saturated rings. The Morgan fingerprint density at radius 2 is 1.71 bits per heavy atom. The van der Waals surface area contributed by atoms with Crippen molar-refractivity contribution < 1.29 is 24.0 Å². The molecule has 0 saturated heterocycles. The Balaban J connectivity index is 1.79. The maximum atomic E-state index is 12.2. The number of aromatic nitrogens is 1. The third kappa shape index (κ3) is 2.83. The second kappa shape index (κ2) is 6.11. The number of carbonyl (C=O) groups is 3. The number of rotatable bonds is 4. The number of ether oxygens (including phenoxy) is 1. The summed E-state index contributed by atoms with van der Waals surface area (Å²) in [6.07, 6.45) is 2.64. The molecule has 0 bridgehead atoms. The zero-order valence-electron chi connectivity index (χ0n) is 13.1. The molecule has 0 atom stereocenters. The first-order chi connectivity index (χ1) is 11.5. The van der Waals surface area contributed by atoms with Gasteiger partial charge in [0.1, 0.15) is 5.75 Å². The van der Waals surface area contributed by atoms with Crippen LogP contribution >= 0.6 is 0 Å². The Morgan fingerprint density at radius 3 is 2.29 bits per heavy atom. The minimum absolute atomic E-state index is 0.0738. The van der Waals surface area contributed by atoms with Crippen molar-refractivity contribution in [1.82, 2.24) is 10.0 Å². The van der Waals surface area contributed by atoms with Crippen molar-refractivity contribution in [2.75, 3.05) is 0 Å². The molecular weight excluding hydrogens is 312 g/mol. The quantitative estimate of drug-likeness (QED) is 0.801. The van der Waals surface area contributed by atoms with E-state index in [9.17, 15) is 14.4 Å². The first-order valence-electron chi connectivity index (χ1n) is 7.29. The zero-order chi connectivity index (χ0) is 17.3. The van der Waals surface area contributed by atoms with Gasteiger partial charge in [-0.05, 0) is 32.0 Å². The molecule has 24 heavy (non-hydrogen) atoms. The van der Waals surface area contributed by atoms with Gasteiger partial charge in [0, 0.05) is 6.20 Å². The number of hydroxylamine groups is 2. The number of fused-ring (bicyclic) bond motifs is 1. The Kier molecular flexibility index (Phi) is 3.99. The molecule has 0 saturated carbocycles. The highest BCUT2D eigenvalue weighted by Crippen LogP contribution is 2.23. The van der Waals surface area contributed by atoms with Gasteiger partial charge in [-0.25, -0.2) is 4.79 Å². The van der Waals surface area contributed by atoms with Crippen LogP contribution in [-0.4, -0.2) is 33.9 Å². The maximum absolute atomic E-state index is 12.2. The zero-order valence-corrected chi connectivity index (χ0v) is 13.1. The molecular formula is C17H14N2O5. The highest BCUT2D eigenvalue weighted by Gasteiger charge is 2.38. The van der Waals surface area contributed by atoms with Crippen molar-refractivity contribution in [3.63, 3.8) is 0 Å². The minimum Gasteiger partial charge on any atom is -0.489 e. The molecule has 1 aromatic heterocycles. The number of carbonyl (C=O) groups excluding carboxylic acids is 3. The summed E-state index contributed by atoms with van der Waals surface area (Å²) in [6, 6.07) is 7.70. The number of benzene rings is 1. The van der Waals surface area contributed by atoms with E-state index in [0.717, 1.165) is 0 Å². The van der Waals surface area contributed by atoms with Crippen LogP contribution in [0.15, 0.2) is 42.7 Å². The summed E-state index contributed by atoms with van der Waals surface area (Å²) in [4.78, 5) is 45.4. The first kappa shape index (κ1) is 15.7. The van der Waals surface area contributed by atoms with Crippen molar-refractivity contribution >= 4 is 17.8 Å². The van der Waals surface area contributed by atoms with Gasteiger partial charge in [0.2, 0.25) is 0 Å². The van der Waals surface area contributed by atoms with Gasteiger partial charge >= 0.3 is 5.97 Å². The van der Waals surface area contributed by atoms with Gasteiger partial charge in [-0.3, -0.25) is 14.6 Å². The van der Waals surface area contributed by atoms with Gasteiger partial charge in [-0.2, -0.15) is 0 Å². The lowest BCUT2D eigenvalue weighted by atomic mass is 10.1. The molecule has 3 rings (SSSR count). The number of imide groups is 1. The SMILES string of the molecule is CC(C)Oc1cncc(C(=O)ON2C(=O)c3ccccc3C2=O)c1. The predicted octanol–water partition coefficient (Wildman–Crippen LogP) is 2.24. The van der Waals surface area contributed by atoms with Crippen molar-refractivity contribution in [3.05, 3.63) is 59.4 Å². The maximum Gasteiger partial charge on any atom is 0.365 e. The van der Waals surface area contributed by atoms with Crippen molar-refractivity contribution in [2.24, 2.45) is 0 Å². The van der Waals surface area contributed by atoms with Gasteiger partial charge in [-0.1, -0.05) is 17.2 Å². The van der Waals surface area contributed by atoms with Crippen LogP contribution < -0.4 is 4.74 Å². The summed E-state index contributed by atoms with van der Waals surface area (Å²) in [5.74, 6) is -1.83. The molecule has 122 valence electrons. The lowest BCUT2D eigenvalue weighted by Gasteiger charge is -2.13. The fourth-order valence-electron chi connectivity index (χ4n) is 2.25. The molecule has 0 N–H and O–H groups in total. The van der Waals surface area contributed by atoms with Crippen LogP contribution in [-0.2, 0) is 4.84 Å². The van der Waals surface area contributed by atoms with Gasteiger partial charge in [0.15, 0.2) is 0 Å². The Labute approximate surface area is 137 Å². The summed E-state index contributed by atoms with van der Waals surface area (Å²) < 4.78 is 5.45. The molecule has 1 aliphatic heterocycles. The molecule has 2 amide bonds. The van der Waals surface area contributed by atoms with E-state index >= 15 is 0 Å². The summed E-state index contributed by atoms with van der Waals surface area (Å²) in [5, 5.41) is 0.461. The predicted molar refractivity (Wildman–Crippen MR) is 82.4 cm³/mol. The summed E-state index contributed by atoms with van der Waals surface area (Å²) in [7, 11) is 0. The van der Waals surface area contributed by atoms with Crippen molar-refractivity contribution in [2.45, 2.75) is 20.0 Å². The van der Waals surface area contributed by atoms with E-state index in [1.807, 2.05) is 13.8 Å². The Hall–Kier alpha value is -3.22. The average molecular weight is 326 g/mol. The smallest absolute Gasteiger partial charge is 0.365 e. The largest absolute Gasteiger partial charge is 0.489 e. The molecule has 0 spiro atoms. The van der Waals surface area contributed by atoms with Gasteiger partial charge in [0.25, 0.3) is 11.8 Å². The van der Waals surface area contributed by atoms with E-state index in [-0.39, 0.29) is 22.8 Å². The Bertz CT molecular complexity index is 796. The third-order valence-electron chi connectivity index (χ3n) is 3.25. The fourth-order valence-corrected chi connectivity index (χ4v) is 2.25. The van der Waals surface area contributed by atoms with Crippen LogP contribution in [0.1, 0.15) is 44.9 Å². The summed E-state index contributed by atoms with van der Waals surface area (Å²) in [6.45, 7) is 3.67. The van der Waals surface area contributed by atoms with Crippen LogP contribution in [0.25, 0.3) is 0 Å². The number of pyridine rings is 1. The molecule has 2 aromatic rings. The normalized spacial score (nSPS) is 13.2. The highest BCUT2D eigenvalue weighted by molar-refractivity contribution is 6.21. The van der Waals surface area contributed by atoms with Gasteiger partial charge in [-0.15, -0.1) is 0 Å².